The van der Waals surface area contributed by atoms with Crippen molar-refractivity contribution in [3.05, 3.63) is 24.0 Å². The number of rotatable bonds is 3. The highest BCUT2D eigenvalue weighted by atomic mass is 35.5. The molecule has 3 nitrogen and oxygen atoms in total. The summed E-state index contributed by atoms with van der Waals surface area (Å²) >= 11 is 0. The Hall–Kier alpha value is -0.510. The summed E-state index contributed by atoms with van der Waals surface area (Å²) < 4.78 is 5.64. The van der Waals surface area contributed by atoms with Crippen molar-refractivity contribution in [2.45, 2.75) is 13.3 Å². The molecule has 1 saturated heterocycles. The number of aromatic nitrogens is 1. The van der Waals surface area contributed by atoms with Gasteiger partial charge in [0.15, 0.2) is 0 Å². The van der Waals surface area contributed by atoms with Crippen LogP contribution >= 0.6 is 24.8 Å². The molecule has 0 bridgehead atoms. The minimum absolute atomic E-state index is 0. The molecule has 16 heavy (non-hydrogen) atoms. The summed E-state index contributed by atoms with van der Waals surface area (Å²) in [6, 6.07) is 3.95. The van der Waals surface area contributed by atoms with Crippen molar-refractivity contribution in [2.24, 2.45) is 5.92 Å². The Kier molecular flexibility index (Phi) is 7.47. The second-order valence-electron chi connectivity index (χ2n) is 3.81. The van der Waals surface area contributed by atoms with Crippen LogP contribution in [-0.4, -0.2) is 24.7 Å². The van der Waals surface area contributed by atoms with Crippen LogP contribution in [0.4, 0.5) is 0 Å². The summed E-state index contributed by atoms with van der Waals surface area (Å²) in [5.74, 6) is 1.54. The van der Waals surface area contributed by atoms with Crippen molar-refractivity contribution in [1.82, 2.24) is 10.3 Å². The fourth-order valence-corrected chi connectivity index (χ4v) is 1.61. The van der Waals surface area contributed by atoms with Crippen molar-refractivity contribution in [3.8, 4) is 5.75 Å². The summed E-state index contributed by atoms with van der Waals surface area (Å²) in [6.07, 6.45) is 3.01. The zero-order chi connectivity index (χ0) is 9.80. The largest absolute Gasteiger partial charge is 0.492 e. The van der Waals surface area contributed by atoms with E-state index in [1.165, 1.54) is 6.42 Å². The molecule has 1 atom stereocenters. The van der Waals surface area contributed by atoms with Gasteiger partial charge in [-0.2, -0.15) is 0 Å². The molecule has 0 radical (unpaired) electrons. The van der Waals surface area contributed by atoms with E-state index in [0.717, 1.165) is 31.1 Å². The molecule has 2 rings (SSSR count). The quantitative estimate of drug-likeness (QED) is 0.910. The first-order valence-corrected chi connectivity index (χ1v) is 5.11. The Labute approximate surface area is 109 Å². The molecule has 0 spiro atoms. The van der Waals surface area contributed by atoms with Crippen LogP contribution in [0.25, 0.3) is 0 Å². The molecule has 1 aliphatic rings. The molecule has 2 heterocycles. The van der Waals surface area contributed by atoms with E-state index >= 15 is 0 Å². The minimum Gasteiger partial charge on any atom is -0.492 e. The molecule has 1 N–H and O–H groups in total. The van der Waals surface area contributed by atoms with Crippen molar-refractivity contribution in [1.29, 1.82) is 0 Å². The second kappa shape index (κ2) is 7.71. The number of nitrogens with one attached hydrogen (secondary N) is 1. The molecular formula is C11H18Cl2N2O. The predicted octanol–water partition coefficient (Wildman–Crippen LogP) is 2.22. The molecule has 1 fully saturated rings. The summed E-state index contributed by atoms with van der Waals surface area (Å²) in [7, 11) is 0. The molecular weight excluding hydrogens is 247 g/mol. The normalized spacial score (nSPS) is 18.4. The van der Waals surface area contributed by atoms with Crippen LogP contribution in [-0.2, 0) is 0 Å². The van der Waals surface area contributed by atoms with Gasteiger partial charge in [-0.05, 0) is 32.0 Å². The van der Waals surface area contributed by atoms with Gasteiger partial charge in [-0.3, -0.25) is 4.98 Å². The van der Waals surface area contributed by atoms with Gasteiger partial charge in [0, 0.05) is 18.2 Å². The highest BCUT2D eigenvalue weighted by Crippen LogP contribution is 2.13. The topological polar surface area (TPSA) is 34.1 Å². The SMILES string of the molecule is Cc1ccc(OCC2CCNC2)cn1.Cl.Cl. The first-order chi connectivity index (χ1) is 6.84. The zero-order valence-corrected chi connectivity index (χ0v) is 10.9. The summed E-state index contributed by atoms with van der Waals surface area (Å²) in [6.45, 7) is 4.99. The number of hydrogen-bond donors (Lipinski definition) is 1. The highest BCUT2D eigenvalue weighted by molar-refractivity contribution is 5.85. The Morgan fingerprint density at radius 2 is 2.25 bits per heavy atom. The van der Waals surface area contributed by atoms with Gasteiger partial charge < -0.3 is 10.1 Å². The van der Waals surface area contributed by atoms with E-state index in [1.54, 1.807) is 6.20 Å². The molecule has 5 heteroatoms. The number of aryl methyl sites for hydroxylation is 1. The third kappa shape index (κ3) is 4.56. The summed E-state index contributed by atoms with van der Waals surface area (Å²) in [4.78, 5) is 4.18. The van der Waals surface area contributed by atoms with Crippen molar-refractivity contribution < 1.29 is 4.74 Å². The molecule has 1 unspecified atom stereocenters. The van der Waals surface area contributed by atoms with Crippen molar-refractivity contribution in [2.75, 3.05) is 19.7 Å². The molecule has 92 valence electrons. The smallest absolute Gasteiger partial charge is 0.137 e. The van der Waals surface area contributed by atoms with Crippen molar-refractivity contribution >= 4 is 24.8 Å². The average Bonchev–Trinajstić information content (AvgIpc) is 2.70. The Morgan fingerprint density at radius 3 is 2.81 bits per heavy atom. The van der Waals surface area contributed by atoms with Crippen LogP contribution < -0.4 is 10.1 Å². The number of halogens is 2. The van der Waals surface area contributed by atoms with E-state index in [1.807, 2.05) is 19.1 Å². The fourth-order valence-electron chi connectivity index (χ4n) is 1.61. The monoisotopic (exact) mass is 264 g/mol. The maximum absolute atomic E-state index is 5.64. The van der Waals surface area contributed by atoms with Crippen LogP contribution in [0.2, 0.25) is 0 Å². The number of hydrogen-bond acceptors (Lipinski definition) is 3. The highest BCUT2D eigenvalue weighted by Gasteiger charge is 2.14. The Morgan fingerprint density at radius 1 is 1.44 bits per heavy atom. The lowest BCUT2D eigenvalue weighted by Gasteiger charge is -2.10. The van der Waals surface area contributed by atoms with Gasteiger partial charge in [0.2, 0.25) is 0 Å². The zero-order valence-electron chi connectivity index (χ0n) is 9.31. The van der Waals surface area contributed by atoms with E-state index in [2.05, 4.69) is 10.3 Å². The Balaban J connectivity index is 0.00000112. The standard InChI is InChI=1S/C11H16N2O.2ClH/c1-9-2-3-11(7-13-9)14-8-10-4-5-12-6-10;;/h2-3,7,10,12H,4-6,8H2,1H3;2*1H. The van der Waals surface area contributed by atoms with Gasteiger partial charge >= 0.3 is 0 Å². The first-order valence-electron chi connectivity index (χ1n) is 5.11. The number of nitrogens with zero attached hydrogens (tertiary/aromatic N) is 1. The van der Waals surface area contributed by atoms with Crippen LogP contribution in [0.15, 0.2) is 18.3 Å². The lowest BCUT2D eigenvalue weighted by atomic mass is 10.1. The van der Waals surface area contributed by atoms with Crippen LogP contribution in [0.1, 0.15) is 12.1 Å². The van der Waals surface area contributed by atoms with Gasteiger partial charge in [0.25, 0.3) is 0 Å². The summed E-state index contributed by atoms with van der Waals surface area (Å²) in [5, 5.41) is 3.32. The van der Waals surface area contributed by atoms with E-state index < -0.39 is 0 Å². The van der Waals surface area contributed by atoms with Crippen LogP contribution in [0.3, 0.4) is 0 Å². The number of ether oxygens (including phenoxy) is 1. The van der Waals surface area contributed by atoms with Crippen molar-refractivity contribution in [3.63, 3.8) is 0 Å². The lowest BCUT2D eigenvalue weighted by Crippen LogP contribution is -2.15. The molecule has 0 aliphatic carbocycles. The van der Waals surface area contributed by atoms with Gasteiger partial charge in [0.1, 0.15) is 5.75 Å². The molecule has 0 saturated carbocycles. The molecule has 1 aromatic heterocycles. The maximum atomic E-state index is 5.64. The van der Waals surface area contributed by atoms with Crippen LogP contribution in [0.5, 0.6) is 5.75 Å². The van der Waals surface area contributed by atoms with Gasteiger partial charge in [-0.25, -0.2) is 0 Å². The third-order valence-corrected chi connectivity index (χ3v) is 2.53. The van der Waals surface area contributed by atoms with E-state index in [4.69, 9.17) is 4.74 Å². The molecule has 1 aliphatic heterocycles. The fraction of sp³-hybridized carbons (Fsp3) is 0.545. The van der Waals surface area contributed by atoms with Gasteiger partial charge in [-0.15, -0.1) is 24.8 Å². The summed E-state index contributed by atoms with van der Waals surface area (Å²) in [5.41, 5.74) is 1.03. The third-order valence-electron chi connectivity index (χ3n) is 2.53. The van der Waals surface area contributed by atoms with E-state index in [0.29, 0.717) is 5.92 Å². The maximum Gasteiger partial charge on any atom is 0.137 e. The first kappa shape index (κ1) is 15.5. The molecule has 1 aromatic rings. The number of pyridine rings is 1. The van der Waals surface area contributed by atoms with Gasteiger partial charge in [-0.1, -0.05) is 0 Å². The van der Waals surface area contributed by atoms with Gasteiger partial charge in [0.05, 0.1) is 12.8 Å². The minimum atomic E-state index is 0. The van der Waals surface area contributed by atoms with Crippen LogP contribution in [0, 0.1) is 12.8 Å². The average molecular weight is 265 g/mol. The Bertz CT molecular complexity index is 287. The molecule has 0 amide bonds. The van der Waals surface area contributed by atoms with E-state index in [-0.39, 0.29) is 24.8 Å². The second-order valence-corrected chi connectivity index (χ2v) is 3.81. The van der Waals surface area contributed by atoms with E-state index in [9.17, 15) is 0 Å². The predicted molar refractivity (Wildman–Crippen MR) is 69.9 cm³/mol. The lowest BCUT2D eigenvalue weighted by molar-refractivity contribution is 0.259. The molecule has 0 aromatic carbocycles.